The van der Waals surface area contributed by atoms with Gasteiger partial charge in [-0.05, 0) is 43.9 Å². The number of rotatable bonds is 6. The van der Waals surface area contributed by atoms with Crippen LogP contribution in [0.2, 0.25) is 0 Å². The summed E-state index contributed by atoms with van der Waals surface area (Å²) in [6.45, 7) is 5.42. The first kappa shape index (κ1) is 19.7. The third kappa shape index (κ3) is 6.03. The highest BCUT2D eigenvalue weighted by atomic mass is 16.6. The lowest BCUT2D eigenvalue weighted by Gasteiger charge is -2.21. The molecule has 1 unspecified atom stereocenters. The van der Waals surface area contributed by atoms with Crippen LogP contribution in [0, 0.1) is 5.92 Å². The molecule has 0 spiro atoms. The van der Waals surface area contributed by atoms with Crippen LogP contribution in [-0.4, -0.2) is 24.6 Å². The van der Waals surface area contributed by atoms with E-state index in [9.17, 15) is 9.59 Å². The van der Waals surface area contributed by atoms with Gasteiger partial charge in [-0.3, -0.25) is 9.59 Å². The summed E-state index contributed by atoms with van der Waals surface area (Å²) >= 11 is 0. The highest BCUT2D eigenvalue weighted by molar-refractivity contribution is 5.80. The highest BCUT2D eigenvalue weighted by Gasteiger charge is 2.26. The van der Waals surface area contributed by atoms with E-state index < -0.39 is 23.5 Å². The Labute approximate surface area is 155 Å². The summed E-state index contributed by atoms with van der Waals surface area (Å²) in [7, 11) is 1.34. The van der Waals surface area contributed by atoms with Crippen molar-refractivity contribution in [1.29, 1.82) is 0 Å². The van der Waals surface area contributed by atoms with E-state index in [1.165, 1.54) is 7.11 Å². The van der Waals surface area contributed by atoms with Crippen molar-refractivity contribution in [2.45, 2.75) is 39.2 Å². The lowest BCUT2D eigenvalue weighted by atomic mass is 9.94. The lowest BCUT2D eigenvalue weighted by Crippen LogP contribution is -2.28. The van der Waals surface area contributed by atoms with Crippen molar-refractivity contribution >= 4 is 11.9 Å². The largest absolute Gasteiger partial charge is 0.469 e. The van der Waals surface area contributed by atoms with Crippen molar-refractivity contribution in [1.82, 2.24) is 0 Å². The Morgan fingerprint density at radius 1 is 0.923 bits per heavy atom. The van der Waals surface area contributed by atoms with E-state index in [-0.39, 0.29) is 6.42 Å². The molecule has 4 heteroatoms. The molecule has 0 heterocycles. The average molecular weight is 354 g/mol. The van der Waals surface area contributed by atoms with Crippen LogP contribution in [0.15, 0.2) is 54.6 Å². The summed E-state index contributed by atoms with van der Waals surface area (Å²) in [6.07, 6.45) is 0.436. The van der Waals surface area contributed by atoms with Crippen LogP contribution in [0.3, 0.4) is 0 Å². The van der Waals surface area contributed by atoms with Gasteiger partial charge in [0, 0.05) is 0 Å². The van der Waals surface area contributed by atoms with Gasteiger partial charge >= 0.3 is 11.9 Å². The first-order valence-corrected chi connectivity index (χ1v) is 8.72. The number of benzene rings is 2. The zero-order valence-electron chi connectivity index (χ0n) is 15.8. The molecule has 0 fully saturated rings. The number of methoxy groups -OCH3 is 1. The molecule has 0 aliphatic carbocycles. The van der Waals surface area contributed by atoms with Gasteiger partial charge in [0.15, 0.2) is 0 Å². The molecule has 4 nitrogen and oxygen atoms in total. The monoisotopic (exact) mass is 354 g/mol. The highest BCUT2D eigenvalue weighted by Crippen LogP contribution is 2.22. The molecule has 0 radical (unpaired) electrons. The van der Waals surface area contributed by atoms with E-state index >= 15 is 0 Å². The van der Waals surface area contributed by atoms with E-state index in [1.807, 2.05) is 42.5 Å². The molecule has 1 atom stereocenters. The molecule has 0 bridgehead atoms. The normalized spacial score (nSPS) is 12.3. The molecule has 2 aromatic carbocycles. The Morgan fingerprint density at radius 3 is 2.04 bits per heavy atom. The van der Waals surface area contributed by atoms with Gasteiger partial charge in [0.25, 0.3) is 0 Å². The second-order valence-electron chi connectivity index (χ2n) is 7.28. The van der Waals surface area contributed by atoms with Crippen molar-refractivity contribution in [2.75, 3.05) is 7.11 Å². The molecule has 0 amide bonds. The predicted molar refractivity (Wildman–Crippen MR) is 102 cm³/mol. The zero-order valence-corrected chi connectivity index (χ0v) is 15.8. The molecule has 2 aromatic rings. The summed E-state index contributed by atoms with van der Waals surface area (Å²) in [5.74, 6) is -1.35. The molecule has 2 rings (SSSR count). The standard InChI is InChI=1S/C22H26O4/c1-22(2,3)26-20(23)15-19(21(24)25-4)14-16-10-12-18(13-11-16)17-8-6-5-7-9-17/h5-13,19H,14-15H2,1-4H3. The van der Waals surface area contributed by atoms with Crippen molar-refractivity contribution in [3.63, 3.8) is 0 Å². The average Bonchev–Trinajstić information content (AvgIpc) is 2.60. The van der Waals surface area contributed by atoms with Gasteiger partial charge in [-0.25, -0.2) is 0 Å². The van der Waals surface area contributed by atoms with E-state index in [4.69, 9.17) is 9.47 Å². The summed E-state index contributed by atoms with van der Waals surface area (Å²) in [6, 6.07) is 18.1. The van der Waals surface area contributed by atoms with Crippen molar-refractivity contribution in [2.24, 2.45) is 5.92 Å². The van der Waals surface area contributed by atoms with Crippen molar-refractivity contribution < 1.29 is 19.1 Å². The molecular formula is C22H26O4. The van der Waals surface area contributed by atoms with Gasteiger partial charge in [-0.2, -0.15) is 0 Å². The van der Waals surface area contributed by atoms with Gasteiger partial charge in [0.1, 0.15) is 5.60 Å². The summed E-state index contributed by atoms with van der Waals surface area (Å²) in [4.78, 5) is 24.2. The topological polar surface area (TPSA) is 52.6 Å². The van der Waals surface area contributed by atoms with Crippen LogP contribution in [0.1, 0.15) is 32.8 Å². The minimum atomic E-state index is -0.574. The maximum atomic E-state index is 12.1. The molecule has 0 aromatic heterocycles. The fraction of sp³-hybridized carbons (Fsp3) is 0.364. The third-order valence-electron chi connectivity index (χ3n) is 3.91. The van der Waals surface area contributed by atoms with E-state index in [0.717, 1.165) is 16.7 Å². The number of carbonyl (C=O) groups is 2. The second kappa shape index (κ2) is 8.65. The Balaban J connectivity index is 2.08. The molecule has 0 N–H and O–H groups in total. The number of hydrogen-bond acceptors (Lipinski definition) is 4. The molecule has 0 saturated heterocycles. The van der Waals surface area contributed by atoms with Crippen LogP contribution in [0.4, 0.5) is 0 Å². The quantitative estimate of drug-likeness (QED) is 0.721. The minimum absolute atomic E-state index is 0.00435. The Bertz CT molecular complexity index is 727. The number of hydrogen-bond donors (Lipinski definition) is 0. The van der Waals surface area contributed by atoms with Crippen LogP contribution >= 0.6 is 0 Å². The van der Waals surface area contributed by atoms with Gasteiger partial charge < -0.3 is 9.47 Å². The Hall–Kier alpha value is -2.62. The molecule has 26 heavy (non-hydrogen) atoms. The maximum absolute atomic E-state index is 12.1. The van der Waals surface area contributed by atoms with Gasteiger partial charge in [-0.1, -0.05) is 54.6 Å². The first-order valence-electron chi connectivity index (χ1n) is 8.72. The second-order valence-corrected chi connectivity index (χ2v) is 7.28. The zero-order chi connectivity index (χ0) is 19.2. The SMILES string of the molecule is COC(=O)C(CC(=O)OC(C)(C)C)Cc1ccc(-c2ccccc2)cc1. The van der Waals surface area contributed by atoms with Crippen LogP contribution in [-0.2, 0) is 25.5 Å². The molecular weight excluding hydrogens is 328 g/mol. The van der Waals surface area contributed by atoms with Crippen molar-refractivity contribution in [3.8, 4) is 11.1 Å². The van der Waals surface area contributed by atoms with Crippen LogP contribution in [0.5, 0.6) is 0 Å². The molecule has 0 aliphatic heterocycles. The molecule has 0 saturated carbocycles. The third-order valence-corrected chi connectivity index (χ3v) is 3.91. The van der Waals surface area contributed by atoms with Gasteiger partial charge in [0.05, 0.1) is 19.4 Å². The number of esters is 2. The van der Waals surface area contributed by atoms with Crippen LogP contribution in [0.25, 0.3) is 11.1 Å². The first-order chi connectivity index (χ1) is 12.3. The van der Waals surface area contributed by atoms with Crippen molar-refractivity contribution in [3.05, 3.63) is 60.2 Å². The minimum Gasteiger partial charge on any atom is -0.469 e. The Morgan fingerprint density at radius 2 is 1.50 bits per heavy atom. The van der Waals surface area contributed by atoms with Gasteiger partial charge in [-0.15, -0.1) is 0 Å². The molecule has 0 aliphatic rings. The van der Waals surface area contributed by atoms with Gasteiger partial charge in [0.2, 0.25) is 0 Å². The maximum Gasteiger partial charge on any atom is 0.309 e. The lowest BCUT2D eigenvalue weighted by molar-refractivity contribution is -0.160. The fourth-order valence-corrected chi connectivity index (χ4v) is 2.74. The summed E-state index contributed by atoms with van der Waals surface area (Å²) in [5, 5.41) is 0. The summed E-state index contributed by atoms with van der Waals surface area (Å²) in [5.41, 5.74) is 2.65. The Kier molecular flexibility index (Phi) is 6.56. The fourth-order valence-electron chi connectivity index (χ4n) is 2.74. The summed E-state index contributed by atoms with van der Waals surface area (Å²) < 4.78 is 10.2. The van der Waals surface area contributed by atoms with E-state index in [0.29, 0.717) is 6.42 Å². The van der Waals surface area contributed by atoms with E-state index in [2.05, 4.69) is 12.1 Å². The number of ether oxygens (including phenoxy) is 2. The molecule has 138 valence electrons. The van der Waals surface area contributed by atoms with E-state index in [1.54, 1.807) is 20.8 Å². The number of carbonyl (C=O) groups excluding carboxylic acids is 2. The van der Waals surface area contributed by atoms with Crippen LogP contribution < -0.4 is 0 Å². The predicted octanol–water partition coefficient (Wildman–Crippen LogP) is 4.42. The smallest absolute Gasteiger partial charge is 0.309 e.